The van der Waals surface area contributed by atoms with Crippen molar-refractivity contribution in [1.82, 2.24) is 0 Å². The molecule has 4 nitrogen and oxygen atoms in total. The van der Waals surface area contributed by atoms with Crippen LogP contribution in [0.3, 0.4) is 0 Å². The summed E-state index contributed by atoms with van der Waals surface area (Å²) in [4.78, 5) is 15.1. The summed E-state index contributed by atoms with van der Waals surface area (Å²) in [6, 6.07) is 12.2. The van der Waals surface area contributed by atoms with E-state index in [4.69, 9.17) is 4.74 Å². The summed E-state index contributed by atoms with van der Waals surface area (Å²) in [5.74, 6) is 0.312. The average molecular weight is 482 g/mol. The highest BCUT2D eigenvalue weighted by molar-refractivity contribution is 9.11. The largest absolute Gasteiger partial charge is 0.495 e. The van der Waals surface area contributed by atoms with Crippen LogP contribution in [0.1, 0.15) is 36.5 Å². The van der Waals surface area contributed by atoms with Gasteiger partial charge in [-0.2, -0.15) is 0 Å². The Balaban J connectivity index is 1.76. The van der Waals surface area contributed by atoms with Gasteiger partial charge in [0.2, 0.25) is 0 Å². The summed E-state index contributed by atoms with van der Waals surface area (Å²) in [5.41, 5.74) is 2.45. The highest BCUT2D eigenvalue weighted by Crippen LogP contribution is 2.33. The second-order valence-electron chi connectivity index (χ2n) is 6.51. The molecule has 0 unspecified atom stereocenters. The van der Waals surface area contributed by atoms with Crippen LogP contribution in [0.2, 0.25) is 0 Å². The van der Waals surface area contributed by atoms with Crippen LogP contribution in [0.4, 0.5) is 11.4 Å². The molecule has 0 aliphatic carbocycles. The first kappa shape index (κ1) is 19.2. The Morgan fingerprint density at radius 3 is 2.58 bits per heavy atom. The Kier molecular flexibility index (Phi) is 6.24. The summed E-state index contributed by atoms with van der Waals surface area (Å²) in [5, 5.41) is 2.95. The van der Waals surface area contributed by atoms with Crippen LogP contribution >= 0.6 is 31.9 Å². The number of benzene rings is 2. The number of carbonyl (C=O) groups is 1. The molecule has 2 aromatic carbocycles. The minimum absolute atomic E-state index is 0.206. The zero-order valence-electron chi connectivity index (χ0n) is 14.9. The third kappa shape index (κ3) is 4.23. The Hall–Kier alpha value is -1.53. The van der Waals surface area contributed by atoms with Crippen molar-refractivity contribution in [2.75, 3.05) is 23.9 Å². The van der Waals surface area contributed by atoms with Gasteiger partial charge in [-0.25, -0.2) is 0 Å². The van der Waals surface area contributed by atoms with Crippen molar-refractivity contribution >= 4 is 49.1 Å². The van der Waals surface area contributed by atoms with E-state index in [1.807, 2.05) is 18.2 Å². The third-order valence-corrected chi connectivity index (χ3v) is 5.76. The van der Waals surface area contributed by atoms with Crippen LogP contribution in [-0.2, 0) is 0 Å². The lowest BCUT2D eigenvalue weighted by Gasteiger charge is -2.35. The quantitative estimate of drug-likeness (QED) is 0.595. The van der Waals surface area contributed by atoms with Crippen molar-refractivity contribution in [3.05, 3.63) is 50.9 Å². The molecular formula is C20H22Br2N2O2. The average Bonchev–Trinajstić information content (AvgIpc) is 2.62. The number of piperidine rings is 1. The first-order valence-corrected chi connectivity index (χ1v) is 10.3. The molecule has 0 bridgehead atoms. The number of rotatable bonds is 4. The lowest BCUT2D eigenvalue weighted by molar-refractivity contribution is 0.102. The smallest absolute Gasteiger partial charge is 0.259 e. The second kappa shape index (κ2) is 8.44. The molecule has 1 N–H and O–H groups in total. The predicted molar refractivity (Wildman–Crippen MR) is 113 cm³/mol. The number of hydrogen-bond acceptors (Lipinski definition) is 3. The molecule has 6 heteroatoms. The van der Waals surface area contributed by atoms with E-state index in [9.17, 15) is 4.79 Å². The lowest BCUT2D eigenvalue weighted by Crippen LogP contribution is -2.37. The summed E-state index contributed by atoms with van der Waals surface area (Å²) in [6.07, 6.45) is 3.77. The number of nitrogens with one attached hydrogen (secondary N) is 1. The fraction of sp³-hybridized carbons (Fsp3) is 0.350. The molecule has 1 aliphatic heterocycles. The molecule has 1 saturated heterocycles. The van der Waals surface area contributed by atoms with Gasteiger partial charge in [-0.05, 0) is 78.5 Å². The van der Waals surface area contributed by atoms with Crippen molar-refractivity contribution in [2.45, 2.75) is 32.2 Å². The molecule has 0 saturated carbocycles. The maximum atomic E-state index is 12.7. The summed E-state index contributed by atoms with van der Waals surface area (Å²) in [6.45, 7) is 3.36. The predicted octanol–water partition coefficient (Wildman–Crippen LogP) is 5.85. The molecule has 1 atom stereocenters. The van der Waals surface area contributed by atoms with Gasteiger partial charge >= 0.3 is 0 Å². The Morgan fingerprint density at radius 1 is 1.19 bits per heavy atom. The van der Waals surface area contributed by atoms with Crippen LogP contribution in [0.5, 0.6) is 5.75 Å². The summed E-state index contributed by atoms with van der Waals surface area (Å²) >= 11 is 6.85. The van der Waals surface area contributed by atoms with Gasteiger partial charge in [0.15, 0.2) is 0 Å². The fourth-order valence-electron chi connectivity index (χ4n) is 3.35. The highest BCUT2D eigenvalue weighted by atomic mass is 79.9. The van der Waals surface area contributed by atoms with Crippen LogP contribution < -0.4 is 15.0 Å². The molecule has 1 fully saturated rings. The fourth-order valence-corrected chi connectivity index (χ4v) is 4.74. The molecule has 138 valence electrons. The molecule has 0 radical (unpaired) electrons. The summed E-state index contributed by atoms with van der Waals surface area (Å²) in [7, 11) is 1.55. The SMILES string of the molecule is COc1c(Br)cc(Br)cc1C(=O)Nc1ccc(N2CCCC[C@H]2C)cc1. The van der Waals surface area contributed by atoms with Crippen molar-refractivity contribution in [3.63, 3.8) is 0 Å². The number of methoxy groups -OCH3 is 1. The molecule has 1 aliphatic rings. The van der Waals surface area contributed by atoms with E-state index in [2.05, 4.69) is 61.1 Å². The van der Waals surface area contributed by atoms with Gasteiger partial charge in [0, 0.05) is 28.4 Å². The Labute approximate surface area is 171 Å². The van der Waals surface area contributed by atoms with Crippen LogP contribution in [0.25, 0.3) is 0 Å². The van der Waals surface area contributed by atoms with Gasteiger partial charge in [0.05, 0.1) is 17.1 Å². The molecule has 0 spiro atoms. The monoisotopic (exact) mass is 480 g/mol. The van der Waals surface area contributed by atoms with E-state index in [0.29, 0.717) is 17.4 Å². The van der Waals surface area contributed by atoms with E-state index >= 15 is 0 Å². The van der Waals surface area contributed by atoms with Gasteiger partial charge in [-0.15, -0.1) is 0 Å². The number of nitrogens with zero attached hydrogens (tertiary/aromatic N) is 1. The molecule has 1 amide bonds. The normalized spacial score (nSPS) is 17.1. The molecule has 2 aromatic rings. The number of ether oxygens (including phenoxy) is 1. The van der Waals surface area contributed by atoms with Crippen LogP contribution in [0, 0.1) is 0 Å². The van der Waals surface area contributed by atoms with Crippen molar-refractivity contribution in [1.29, 1.82) is 0 Å². The number of amides is 1. The maximum Gasteiger partial charge on any atom is 0.259 e. The number of carbonyl (C=O) groups excluding carboxylic acids is 1. The third-order valence-electron chi connectivity index (χ3n) is 4.72. The number of hydrogen-bond donors (Lipinski definition) is 1. The molecular weight excluding hydrogens is 460 g/mol. The van der Waals surface area contributed by atoms with Gasteiger partial charge < -0.3 is 15.0 Å². The first-order chi connectivity index (χ1) is 12.5. The van der Waals surface area contributed by atoms with E-state index < -0.39 is 0 Å². The topological polar surface area (TPSA) is 41.6 Å². The minimum Gasteiger partial charge on any atom is -0.495 e. The summed E-state index contributed by atoms with van der Waals surface area (Å²) < 4.78 is 6.91. The lowest BCUT2D eigenvalue weighted by atomic mass is 10.0. The van der Waals surface area contributed by atoms with Crippen molar-refractivity contribution in [2.24, 2.45) is 0 Å². The van der Waals surface area contributed by atoms with Gasteiger partial charge in [-0.1, -0.05) is 15.9 Å². The number of halogens is 2. The maximum absolute atomic E-state index is 12.7. The standard InChI is InChI=1S/C20H22Br2N2O2/c1-13-5-3-4-10-24(13)16-8-6-15(7-9-16)23-20(25)17-11-14(21)12-18(22)19(17)26-2/h6-9,11-13H,3-5,10H2,1-2H3,(H,23,25)/t13-/m1/s1. The molecule has 26 heavy (non-hydrogen) atoms. The van der Waals surface area contributed by atoms with Gasteiger partial charge in [0.1, 0.15) is 5.75 Å². The van der Waals surface area contributed by atoms with E-state index in [1.165, 1.54) is 24.9 Å². The zero-order chi connectivity index (χ0) is 18.7. The van der Waals surface area contributed by atoms with Crippen LogP contribution in [-0.4, -0.2) is 25.6 Å². The van der Waals surface area contributed by atoms with Gasteiger partial charge in [0.25, 0.3) is 5.91 Å². The highest BCUT2D eigenvalue weighted by Gasteiger charge is 2.19. The Morgan fingerprint density at radius 2 is 1.92 bits per heavy atom. The molecule has 3 rings (SSSR count). The van der Waals surface area contributed by atoms with Crippen molar-refractivity contribution < 1.29 is 9.53 Å². The van der Waals surface area contributed by atoms with E-state index in [0.717, 1.165) is 21.2 Å². The second-order valence-corrected chi connectivity index (χ2v) is 8.28. The molecule has 0 aromatic heterocycles. The van der Waals surface area contributed by atoms with E-state index in [1.54, 1.807) is 13.2 Å². The zero-order valence-corrected chi connectivity index (χ0v) is 18.1. The Bertz CT molecular complexity index is 793. The van der Waals surface area contributed by atoms with E-state index in [-0.39, 0.29) is 5.91 Å². The van der Waals surface area contributed by atoms with Gasteiger partial charge in [-0.3, -0.25) is 4.79 Å². The first-order valence-electron chi connectivity index (χ1n) is 8.70. The minimum atomic E-state index is -0.206. The number of anilines is 2. The molecule has 1 heterocycles. The van der Waals surface area contributed by atoms with Crippen LogP contribution in [0.15, 0.2) is 45.3 Å². The van der Waals surface area contributed by atoms with Crippen molar-refractivity contribution in [3.8, 4) is 5.75 Å².